The molecule has 0 spiro atoms. The molecule has 1 amide bonds. The number of nitrogens with one attached hydrogen (secondary N) is 2. The van der Waals surface area contributed by atoms with Crippen molar-refractivity contribution in [2.24, 2.45) is 10.1 Å². The van der Waals surface area contributed by atoms with Crippen molar-refractivity contribution in [3.63, 3.8) is 0 Å². The molecule has 140 valence electrons. The second-order valence-corrected chi connectivity index (χ2v) is 7.96. The molecule has 0 unspecified atom stereocenters. The molecule has 1 fully saturated rings. The number of ether oxygens (including phenoxy) is 1. The molecule has 9 heteroatoms. The van der Waals surface area contributed by atoms with Crippen LogP contribution in [0.1, 0.15) is 28.8 Å². The van der Waals surface area contributed by atoms with Crippen LogP contribution in [0.25, 0.3) is 0 Å². The highest BCUT2D eigenvalue weighted by Gasteiger charge is 2.45. The zero-order valence-electron chi connectivity index (χ0n) is 14.3. The summed E-state index contributed by atoms with van der Waals surface area (Å²) in [4.78, 5) is 12.4. The van der Waals surface area contributed by atoms with E-state index in [0.717, 1.165) is 12.8 Å². The minimum atomic E-state index is -3.84. The van der Waals surface area contributed by atoms with Crippen LogP contribution in [-0.4, -0.2) is 32.3 Å². The van der Waals surface area contributed by atoms with Gasteiger partial charge in [0.25, 0.3) is 5.91 Å². The molecule has 4 N–H and O–H groups in total. The third-order valence-electron chi connectivity index (χ3n) is 4.51. The van der Waals surface area contributed by atoms with Gasteiger partial charge in [0.05, 0.1) is 16.8 Å². The summed E-state index contributed by atoms with van der Waals surface area (Å²) in [5.41, 5.74) is 6.69. The van der Waals surface area contributed by atoms with Crippen molar-refractivity contribution in [2.75, 3.05) is 11.3 Å². The summed E-state index contributed by atoms with van der Waals surface area (Å²) in [5, 5.41) is 3.02. The molecule has 0 saturated heterocycles. The van der Waals surface area contributed by atoms with Crippen LogP contribution in [0.4, 0.5) is 5.69 Å². The maximum absolute atomic E-state index is 12.4. The van der Waals surface area contributed by atoms with Crippen molar-refractivity contribution in [2.45, 2.75) is 18.4 Å². The smallest absolute Gasteiger partial charge is 0.344 e. The van der Waals surface area contributed by atoms with E-state index in [1.54, 1.807) is 30.3 Å². The summed E-state index contributed by atoms with van der Waals surface area (Å²) < 4.78 is 35.0. The second kappa shape index (κ2) is 6.27. The van der Waals surface area contributed by atoms with Gasteiger partial charge in [0.1, 0.15) is 12.4 Å². The topological polar surface area (TPSA) is 123 Å². The Morgan fingerprint density at radius 3 is 2.63 bits per heavy atom. The summed E-state index contributed by atoms with van der Waals surface area (Å²) in [7, 11) is -3.84. The minimum Gasteiger partial charge on any atom is -0.490 e. The third-order valence-corrected chi connectivity index (χ3v) is 5.43. The van der Waals surface area contributed by atoms with Gasteiger partial charge in [-0.05, 0) is 37.1 Å². The van der Waals surface area contributed by atoms with Gasteiger partial charge in [-0.1, -0.05) is 24.3 Å². The van der Waals surface area contributed by atoms with Crippen molar-refractivity contribution >= 4 is 27.6 Å². The molecule has 1 aliphatic carbocycles. The van der Waals surface area contributed by atoms with Gasteiger partial charge in [-0.2, -0.15) is 8.42 Å². The Hall–Kier alpha value is -3.07. The van der Waals surface area contributed by atoms with E-state index in [1.807, 2.05) is 18.2 Å². The first kappa shape index (κ1) is 17.3. The van der Waals surface area contributed by atoms with E-state index < -0.39 is 15.7 Å². The van der Waals surface area contributed by atoms with Gasteiger partial charge in [-0.15, -0.1) is 4.40 Å². The lowest BCUT2D eigenvalue weighted by Crippen LogP contribution is -2.41. The van der Waals surface area contributed by atoms with Gasteiger partial charge >= 0.3 is 10.2 Å². The van der Waals surface area contributed by atoms with Gasteiger partial charge in [0, 0.05) is 5.56 Å². The number of nitrogens with zero attached hydrogens (tertiary/aromatic N) is 1. The van der Waals surface area contributed by atoms with E-state index >= 15 is 0 Å². The van der Waals surface area contributed by atoms with Crippen LogP contribution >= 0.6 is 0 Å². The van der Waals surface area contributed by atoms with Crippen molar-refractivity contribution in [3.05, 3.63) is 59.7 Å². The predicted octanol–water partition coefficient (Wildman–Crippen LogP) is 1.40. The van der Waals surface area contributed by atoms with E-state index in [0.29, 0.717) is 22.6 Å². The van der Waals surface area contributed by atoms with E-state index in [4.69, 9.17) is 10.5 Å². The maximum atomic E-state index is 12.4. The first-order valence-corrected chi connectivity index (χ1v) is 9.83. The van der Waals surface area contributed by atoms with Gasteiger partial charge < -0.3 is 15.8 Å². The molecule has 2 aliphatic rings. The van der Waals surface area contributed by atoms with Crippen LogP contribution in [0.5, 0.6) is 5.75 Å². The molecule has 2 aromatic rings. The Kier molecular flexibility index (Phi) is 4.03. The zero-order valence-corrected chi connectivity index (χ0v) is 15.1. The van der Waals surface area contributed by atoms with Crippen LogP contribution in [0.15, 0.2) is 52.9 Å². The monoisotopic (exact) mass is 386 g/mol. The number of fused-ring (bicyclic) bond motifs is 1. The van der Waals surface area contributed by atoms with Crippen LogP contribution in [-0.2, 0) is 10.2 Å². The number of amides is 1. The highest BCUT2D eigenvalue weighted by molar-refractivity contribution is 7.91. The molecule has 0 radical (unpaired) electrons. The Balaban J connectivity index is 1.49. The summed E-state index contributed by atoms with van der Waals surface area (Å²) in [6, 6.07) is 13.9. The number of hydrogen-bond acceptors (Lipinski definition) is 5. The fraction of sp³-hybridized carbons (Fsp3) is 0.222. The summed E-state index contributed by atoms with van der Waals surface area (Å²) >= 11 is 0. The predicted molar refractivity (Wildman–Crippen MR) is 101 cm³/mol. The van der Waals surface area contributed by atoms with E-state index in [2.05, 4.69) is 14.4 Å². The van der Waals surface area contributed by atoms with E-state index in [-0.39, 0.29) is 18.3 Å². The van der Waals surface area contributed by atoms with Crippen LogP contribution in [0.3, 0.4) is 0 Å². The van der Waals surface area contributed by atoms with E-state index in [9.17, 15) is 13.2 Å². The molecule has 27 heavy (non-hydrogen) atoms. The standard InChI is InChI=1S/C18H18N4O4S/c19-16-15-13(21-27(24,25)22-16)7-4-8-14(15)26-11-18(9-10-18)20-17(23)12-5-2-1-3-6-12/h1-8,21H,9-11H2,(H2,19,22)(H,20,23). The molecule has 1 saturated carbocycles. The van der Waals surface area contributed by atoms with E-state index in [1.165, 1.54) is 0 Å². The average Bonchev–Trinajstić information content (AvgIpc) is 3.39. The van der Waals surface area contributed by atoms with Crippen LogP contribution < -0.4 is 20.5 Å². The lowest BCUT2D eigenvalue weighted by Gasteiger charge is -2.22. The number of rotatable bonds is 5. The number of benzene rings is 2. The quantitative estimate of drug-likeness (QED) is 0.717. The van der Waals surface area contributed by atoms with Crippen LogP contribution in [0, 0.1) is 0 Å². The third kappa shape index (κ3) is 3.59. The normalized spacial score (nSPS) is 18.4. The number of carbonyl (C=O) groups is 1. The molecule has 0 bridgehead atoms. The largest absolute Gasteiger partial charge is 0.490 e. The second-order valence-electron chi connectivity index (χ2n) is 6.62. The first-order valence-electron chi connectivity index (χ1n) is 8.39. The molecule has 0 atom stereocenters. The maximum Gasteiger partial charge on any atom is 0.344 e. The highest BCUT2D eigenvalue weighted by Crippen LogP contribution is 2.38. The Morgan fingerprint density at radius 1 is 1.19 bits per heavy atom. The summed E-state index contributed by atoms with van der Waals surface area (Å²) in [5.74, 6) is 0.134. The highest BCUT2D eigenvalue weighted by atomic mass is 32.2. The average molecular weight is 386 g/mol. The molecule has 2 aromatic carbocycles. The van der Waals surface area contributed by atoms with Gasteiger partial charge in [-0.3, -0.25) is 9.52 Å². The first-order chi connectivity index (χ1) is 12.9. The fourth-order valence-corrected chi connectivity index (χ4v) is 3.76. The number of nitrogens with two attached hydrogens (primary N) is 1. The van der Waals surface area contributed by atoms with Crippen molar-refractivity contribution in [1.82, 2.24) is 5.32 Å². The Morgan fingerprint density at radius 2 is 1.93 bits per heavy atom. The minimum absolute atomic E-state index is 0.127. The molecule has 0 aromatic heterocycles. The van der Waals surface area contributed by atoms with Crippen molar-refractivity contribution < 1.29 is 17.9 Å². The van der Waals surface area contributed by atoms with Crippen molar-refractivity contribution in [1.29, 1.82) is 0 Å². The number of hydrogen-bond donors (Lipinski definition) is 3. The summed E-state index contributed by atoms with van der Waals surface area (Å²) in [6.07, 6.45) is 1.60. The number of anilines is 1. The van der Waals surface area contributed by atoms with Crippen LogP contribution in [0.2, 0.25) is 0 Å². The number of carbonyl (C=O) groups excluding carboxylic acids is 1. The fourth-order valence-electron chi connectivity index (χ4n) is 2.91. The molecule has 8 nitrogen and oxygen atoms in total. The molecule has 1 heterocycles. The lowest BCUT2D eigenvalue weighted by atomic mass is 10.1. The van der Waals surface area contributed by atoms with Gasteiger partial charge in [-0.25, -0.2) is 0 Å². The lowest BCUT2D eigenvalue weighted by molar-refractivity contribution is 0.0913. The number of amidine groups is 1. The van der Waals surface area contributed by atoms with Gasteiger partial charge in [0.15, 0.2) is 5.84 Å². The molecular weight excluding hydrogens is 368 g/mol. The molecule has 4 rings (SSSR count). The van der Waals surface area contributed by atoms with Gasteiger partial charge in [0.2, 0.25) is 0 Å². The molecular formula is C18H18N4O4S. The molecule has 1 aliphatic heterocycles. The van der Waals surface area contributed by atoms with Crippen molar-refractivity contribution in [3.8, 4) is 5.75 Å². The summed E-state index contributed by atoms with van der Waals surface area (Å²) in [6.45, 7) is 0.252. The SMILES string of the molecule is NC1=NS(=O)(=O)Nc2cccc(OCC3(NC(=O)c4ccccc4)CC3)c21. The Labute approximate surface area is 156 Å². The zero-order chi connectivity index (χ0) is 19.1. The Bertz CT molecular complexity index is 1030.